The third-order valence-corrected chi connectivity index (χ3v) is 3.73. The van der Waals surface area contributed by atoms with Gasteiger partial charge in [-0.2, -0.15) is 13.2 Å². The van der Waals surface area contributed by atoms with E-state index in [0.717, 1.165) is 18.3 Å². The van der Waals surface area contributed by atoms with Gasteiger partial charge in [-0.1, -0.05) is 12.1 Å². The Morgan fingerprint density at radius 3 is 2.58 bits per heavy atom. The molecule has 1 saturated heterocycles. The van der Waals surface area contributed by atoms with E-state index in [4.69, 9.17) is 0 Å². The molecule has 1 fully saturated rings. The van der Waals surface area contributed by atoms with Gasteiger partial charge in [-0.15, -0.1) is 0 Å². The molecule has 1 aliphatic heterocycles. The summed E-state index contributed by atoms with van der Waals surface area (Å²) in [7, 11) is 0. The molecule has 0 atom stereocenters. The Bertz CT molecular complexity index is 757. The average molecular weight is 339 g/mol. The quantitative estimate of drug-likeness (QED) is 0.875. The third kappa shape index (κ3) is 3.32. The molecule has 0 unspecified atom stereocenters. The van der Waals surface area contributed by atoms with Gasteiger partial charge in [0.1, 0.15) is 11.6 Å². The number of carbonyl (C=O) groups excluding carboxylic acids is 1. The molecule has 0 radical (unpaired) electrons. The third-order valence-electron chi connectivity index (χ3n) is 3.73. The predicted molar refractivity (Wildman–Crippen MR) is 79.1 cm³/mol. The number of hydrogen-bond donors (Lipinski definition) is 1. The van der Waals surface area contributed by atoms with Crippen molar-refractivity contribution in [2.45, 2.75) is 12.2 Å². The number of halogens is 4. The Balaban J connectivity index is 1.60. The highest BCUT2D eigenvalue weighted by Gasteiger charge is 2.34. The number of hydrogen-bond acceptors (Lipinski definition) is 3. The minimum absolute atomic E-state index is 0.0619. The van der Waals surface area contributed by atoms with Crippen molar-refractivity contribution in [3.05, 3.63) is 59.5 Å². The minimum Gasteiger partial charge on any atom is -0.352 e. The molecule has 4 nitrogen and oxygen atoms in total. The lowest BCUT2D eigenvalue weighted by Crippen LogP contribution is -2.59. The van der Waals surface area contributed by atoms with E-state index in [0.29, 0.717) is 13.1 Å². The molecule has 0 saturated carbocycles. The topological polar surface area (TPSA) is 45.2 Å². The number of nitrogens with one attached hydrogen (secondary N) is 1. The SMILES string of the molecule is O=C(NC1CN(c2cc(C(F)(F)F)ccn2)C1)c1ccccc1F. The Hall–Kier alpha value is -2.64. The zero-order valence-electron chi connectivity index (χ0n) is 12.3. The number of alkyl halides is 3. The smallest absolute Gasteiger partial charge is 0.352 e. The predicted octanol–water partition coefficient (Wildman–Crippen LogP) is 2.86. The maximum Gasteiger partial charge on any atom is 0.416 e. The first kappa shape index (κ1) is 16.2. The molecule has 1 amide bonds. The number of rotatable bonds is 3. The fraction of sp³-hybridized carbons (Fsp3) is 0.250. The van der Waals surface area contributed by atoms with Crippen LogP contribution in [0.5, 0.6) is 0 Å². The first-order valence-electron chi connectivity index (χ1n) is 7.18. The molecule has 3 rings (SSSR count). The van der Waals surface area contributed by atoms with E-state index in [-0.39, 0.29) is 17.4 Å². The van der Waals surface area contributed by atoms with Gasteiger partial charge in [0.2, 0.25) is 0 Å². The Morgan fingerprint density at radius 2 is 1.92 bits per heavy atom. The highest BCUT2D eigenvalue weighted by atomic mass is 19.4. The Morgan fingerprint density at radius 1 is 1.21 bits per heavy atom. The number of amides is 1. The van der Waals surface area contributed by atoms with Crippen LogP contribution in [-0.2, 0) is 6.18 Å². The van der Waals surface area contributed by atoms with Crippen LogP contribution in [0.1, 0.15) is 15.9 Å². The van der Waals surface area contributed by atoms with Crippen LogP contribution in [0, 0.1) is 5.82 Å². The number of carbonyl (C=O) groups is 1. The molecule has 2 heterocycles. The van der Waals surface area contributed by atoms with Crippen LogP contribution in [-0.4, -0.2) is 30.0 Å². The number of pyridine rings is 1. The van der Waals surface area contributed by atoms with Gasteiger partial charge in [-0.05, 0) is 24.3 Å². The van der Waals surface area contributed by atoms with E-state index in [1.165, 1.54) is 18.2 Å². The summed E-state index contributed by atoms with van der Waals surface area (Å²) in [6.07, 6.45) is -3.33. The number of aromatic nitrogens is 1. The number of benzene rings is 1. The molecule has 1 aromatic carbocycles. The number of nitrogens with zero attached hydrogens (tertiary/aromatic N) is 2. The van der Waals surface area contributed by atoms with Crippen molar-refractivity contribution in [3.63, 3.8) is 0 Å². The van der Waals surface area contributed by atoms with Crippen LogP contribution in [0.4, 0.5) is 23.4 Å². The van der Waals surface area contributed by atoms with E-state index in [1.54, 1.807) is 11.0 Å². The van der Waals surface area contributed by atoms with Crippen molar-refractivity contribution in [3.8, 4) is 0 Å². The van der Waals surface area contributed by atoms with Crippen molar-refractivity contribution < 1.29 is 22.4 Å². The summed E-state index contributed by atoms with van der Waals surface area (Å²) in [4.78, 5) is 17.5. The van der Waals surface area contributed by atoms with Gasteiger partial charge in [0.15, 0.2) is 0 Å². The van der Waals surface area contributed by atoms with Crippen molar-refractivity contribution in [2.75, 3.05) is 18.0 Å². The van der Waals surface area contributed by atoms with E-state index in [1.807, 2.05) is 0 Å². The molecule has 0 aliphatic carbocycles. The van der Waals surface area contributed by atoms with Gasteiger partial charge in [0, 0.05) is 19.3 Å². The molecule has 1 aromatic heterocycles. The average Bonchev–Trinajstić information content (AvgIpc) is 2.50. The monoisotopic (exact) mass is 339 g/mol. The molecule has 1 aliphatic rings. The summed E-state index contributed by atoms with van der Waals surface area (Å²) >= 11 is 0. The second kappa shape index (κ2) is 6.10. The molecule has 0 spiro atoms. The van der Waals surface area contributed by atoms with E-state index in [2.05, 4.69) is 10.3 Å². The highest BCUT2D eigenvalue weighted by molar-refractivity contribution is 5.94. The molecule has 126 valence electrons. The fourth-order valence-electron chi connectivity index (χ4n) is 2.43. The van der Waals surface area contributed by atoms with Gasteiger partial charge in [0.05, 0.1) is 17.2 Å². The van der Waals surface area contributed by atoms with E-state index >= 15 is 0 Å². The standard InChI is InChI=1S/C16H13F4N3O/c17-13-4-2-1-3-12(13)15(24)22-11-8-23(9-11)14-7-10(5-6-21-14)16(18,19)20/h1-7,11H,8-9H2,(H,22,24). The van der Waals surface area contributed by atoms with Crippen LogP contribution >= 0.6 is 0 Å². The first-order chi connectivity index (χ1) is 11.3. The fourth-order valence-corrected chi connectivity index (χ4v) is 2.43. The molecule has 2 aromatic rings. The molecule has 0 bridgehead atoms. The summed E-state index contributed by atoms with van der Waals surface area (Å²) < 4.78 is 51.6. The molecule has 8 heteroatoms. The lowest BCUT2D eigenvalue weighted by Gasteiger charge is -2.40. The first-order valence-corrected chi connectivity index (χ1v) is 7.18. The summed E-state index contributed by atoms with van der Waals surface area (Å²) in [6, 6.07) is 7.20. The molecular weight excluding hydrogens is 326 g/mol. The summed E-state index contributed by atoms with van der Waals surface area (Å²) in [5.41, 5.74) is -0.834. The zero-order valence-corrected chi connectivity index (χ0v) is 12.3. The van der Waals surface area contributed by atoms with Crippen LogP contribution in [0.15, 0.2) is 42.6 Å². The van der Waals surface area contributed by atoms with Crippen LogP contribution in [0.25, 0.3) is 0 Å². The van der Waals surface area contributed by atoms with Gasteiger partial charge in [-0.25, -0.2) is 9.37 Å². The molecule has 1 N–H and O–H groups in total. The Labute approximate surface area is 135 Å². The van der Waals surface area contributed by atoms with Crippen LogP contribution in [0.3, 0.4) is 0 Å². The lowest BCUT2D eigenvalue weighted by molar-refractivity contribution is -0.137. The van der Waals surface area contributed by atoms with Gasteiger partial charge >= 0.3 is 6.18 Å². The van der Waals surface area contributed by atoms with Gasteiger partial charge in [-0.3, -0.25) is 4.79 Å². The van der Waals surface area contributed by atoms with E-state index in [9.17, 15) is 22.4 Å². The number of anilines is 1. The second-order valence-corrected chi connectivity index (χ2v) is 5.46. The van der Waals surface area contributed by atoms with Gasteiger partial charge in [0.25, 0.3) is 5.91 Å². The maximum atomic E-state index is 13.5. The Kier molecular flexibility index (Phi) is 4.13. The van der Waals surface area contributed by atoms with Crippen LogP contribution in [0.2, 0.25) is 0 Å². The van der Waals surface area contributed by atoms with Gasteiger partial charge < -0.3 is 10.2 Å². The highest BCUT2D eigenvalue weighted by Crippen LogP contribution is 2.31. The van der Waals surface area contributed by atoms with Crippen molar-refractivity contribution in [1.29, 1.82) is 0 Å². The van der Waals surface area contributed by atoms with Crippen LogP contribution < -0.4 is 10.2 Å². The summed E-state index contributed by atoms with van der Waals surface area (Å²) in [5.74, 6) is -0.971. The van der Waals surface area contributed by atoms with Crippen molar-refractivity contribution >= 4 is 11.7 Å². The minimum atomic E-state index is -4.43. The summed E-state index contributed by atoms with van der Waals surface area (Å²) in [5, 5.41) is 2.65. The normalized spacial score (nSPS) is 15.1. The maximum absolute atomic E-state index is 13.5. The largest absolute Gasteiger partial charge is 0.416 e. The molecular formula is C16H13F4N3O. The van der Waals surface area contributed by atoms with E-state index < -0.39 is 23.5 Å². The molecule has 24 heavy (non-hydrogen) atoms. The summed E-state index contributed by atoms with van der Waals surface area (Å²) in [6.45, 7) is 0.628. The lowest BCUT2D eigenvalue weighted by atomic mass is 10.1. The second-order valence-electron chi connectivity index (χ2n) is 5.46. The van der Waals surface area contributed by atoms with Crippen molar-refractivity contribution in [1.82, 2.24) is 10.3 Å². The van der Waals surface area contributed by atoms with Crippen molar-refractivity contribution in [2.24, 2.45) is 0 Å². The zero-order chi connectivity index (χ0) is 17.3.